The molecule has 0 radical (unpaired) electrons. The van der Waals surface area contributed by atoms with Gasteiger partial charge in [0.05, 0.1) is 18.8 Å². The molecule has 0 amide bonds. The number of hydrogen-bond donors (Lipinski definition) is 1. The average molecular weight is 202 g/mol. The molecule has 0 aromatic carbocycles. The molecule has 0 spiro atoms. The van der Waals surface area contributed by atoms with Crippen LogP contribution in [0.4, 0.5) is 0 Å². The van der Waals surface area contributed by atoms with E-state index in [2.05, 4.69) is 11.8 Å². The zero-order chi connectivity index (χ0) is 10.6. The Morgan fingerprint density at radius 2 is 2.00 bits per heavy atom. The highest BCUT2D eigenvalue weighted by atomic mass is 16.5. The predicted octanol–water partition coefficient (Wildman–Crippen LogP) is 0.419. The maximum atomic E-state index is 5.87. The second-order valence-electron chi connectivity index (χ2n) is 4.33. The van der Waals surface area contributed by atoms with E-state index in [9.17, 15) is 0 Å². The Bertz CT molecular complexity index is 168. The van der Waals surface area contributed by atoms with E-state index in [1.165, 1.54) is 0 Å². The molecule has 1 fully saturated rings. The van der Waals surface area contributed by atoms with E-state index in [0.717, 1.165) is 26.3 Å². The average Bonchev–Trinajstić information content (AvgIpc) is 2.19. The molecule has 1 rings (SSSR count). The van der Waals surface area contributed by atoms with E-state index in [1.54, 1.807) is 0 Å². The molecular weight excluding hydrogens is 180 g/mol. The first-order valence-electron chi connectivity index (χ1n) is 5.25. The summed E-state index contributed by atoms with van der Waals surface area (Å²) in [5.41, 5.74) is 5.38. The van der Waals surface area contributed by atoms with Gasteiger partial charge >= 0.3 is 0 Å². The molecule has 1 atom stereocenters. The lowest BCUT2D eigenvalue weighted by Crippen LogP contribution is -2.48. The van der Waals surface area contributed by atoms with Gasteiger partial charge in [-0.2, -0.15) is 0 Å². The van der Waals surface area contributed by atoms with Crippen LogP contribution in [0.25, 0.3) is 0 Å². The Morgan fingerprint density at radius 1 is 1.43 bits per heavy atom. The highest BCUT2D eigenvalue weighted by Crippen LogP contribution is 2.14. The second-order valence-corrected chi connectivity index (χ2v) is 4.33. The monoisotopic (exact) mass is 202 g/mol. The summed E-state index contributed by atoms with van der Waals surface area (Å²) in [7, 11) is 0. The molecular formula is C10H22N2O2. The fourth-order valence-electron chi connectivity index (χ4n) is 1.53. The summed E-state index contributed by atoms with van der Waals surface area (Å²) in [5.74, 6) is 0. The van der Waals surface area contributed by atoms with Crippen molar-refractivity contribution in [1.82, 2.24) is 4.90 Å². The van der Waals surface area contributed by atoms with Gasteiger partial charge in [0.25, 0.3) is 0 Å². The normalized spacial score (nSPS) is 22.3. The van der Waals surface area contributed by atoms with Gasteiger partial charge in [0.15, 0.2) is 0 Å². The number of nitrogens with two attached hydrogens (primary N) is 1. The number of ether oxygens (including phenoxy) is 2. The van der Waals surface area contributed by atoms with Crippen LogP contribution in [-0.2, 0) is 9.47 Å². The highest BCUT2D eigenvalue weighted by Gasteiger charge is 2.24. The van der Waals surface area contributed by atoms with Gasteiger partial charge in [-0.3, -0.25) is 4.90 Å². The van der Waals surface area contributed by atoms with Crippen molar-refractivity contribution in [1.29, 1.82) is 0 Å². The van der Waals surface area contributed by atoms with Crippen molar-refractivity contribution in [3.05, 3.63) is 0 Å². The van der Waals surface area contributed by atoms with Crippen molar-refractivity contribution >= 4 is 0 Å². The van der Waals surface area contributed by atoms with Crippen molar-refractivity contribution in [2.45, 2.75) is 32.6 Å². The molecule has 0 aliphatic carbocycles. The van der Waals surface area contributed by atoms with E-state index < -0.39 is 0 Å². The summed E-state index contributed by atoms with van der Waals surface area (Å²) in [5, 5.41) is 0. The molecule has 0 saturated carbocycles. The SMILES string of the molecule is CC(OC(C)(C)CN)N1CCOCC1. The quantitative estimate of drug-likeness (QED) is 0.717. The van der Waals surface area contributed by atoms with Crippen LogP contribution >= 0.6 is 0 Å². The lowest BCUT2D eigenvalue weighted by atomic mass is 10.1. The molecule has 1 heterocycles. The maximum absolute atomic E-state index is 5.87. The molecule has 1 saturated heterocycles. The van der Waals surface area contributed by atoms with Gasteiger partial charge < -0.3 is 15.2 Å². The summed E-state index contributed by atoms with van der Waals surface area (Å²) in [6.07, 6.45) is 0.123. The smallest absolute Gasteiger partial charge is 0.108 e. The summed E-state index contributed by atoms with van der Waals surface area (Å²) in [4.78, 5) is 2.28. The van der Waals surface area contributed by atoms with Gasteiger partial charge in [0.1, 0.15) is 6.23 Å². The minimum Gasteiger partial charge on any atom is -0.379 e. The molecule has 4 heteroatoms. The largest absolute Gasteiger partial charge is 0.379 e. The molecule has 14 heavy (non-hydrogen) atoms. The predicted molar refractivity (Wildman–Crippen MR) is 56.1 cm³/mol. The van der Waals surface area contributed by atoms with Crippen molar-refractivity contribution in [3.8, 4) is 0 Å². The Balaban J connectivity index is 2.36. The zero-order valence-corrected chi connectivity index (χ0v) is 9.45. The van der Waals surface area contributed by atoms with Gasteiger partial charge in [0.2, 0.25) is 0 Å². The third-order valence-corrected chi connectivity index (χ3v) is 2.54. The van der Waals surface area contributed by atoms with Crippen molar-refractivity contribution in [2.24, 2.45) is 5.73 Å². The van der Waals surface area contributed by atoms with Gasteiger partial charge in [-0.15, -0.1) is 0 Å². The molecule has 1 unspecified atom stereocenters. The molecule has 1 aliphatic heterocycles. The molecule has 2 N–H and O–H groups in total. The van der Waals surface area contributed by atoms with Crippen molar-refractivity contribution in [3.63, 3.8) is 0 Å². The van der Waals surface area contributed by atoms with Gasteiger partial charge in [0, 0.05) is 19.6 Å². The number of nitrogens with zero attached hydrogens (tertiary/aromatic N) is 1. The summed E-state index contributed by atoms with van der Waals surface area (Å²) in [6, 6.07) is 0. The van der Waals surface area contributed by atoms with E-state index >= 15 is 0 Å². The summed E-state index contributed by atoms with van der Waals surface area (Å²) < 4.78 is 11.2. The minimum absolute atomic E-state index is 0.123. The maximum Gasteiger partial charge on any atom is 0.108 e. The Morgan fingerprint density at radius 3 is 2.50 bits per heavy atom. The second kappa shape index (κ2) is 5.07. The number of hydrogen-bond acceptors (Lipinski definition) is 4. The first kappa shape index (κ1) is 11.9. The Hall–Kier alpha value is -0.160. The topological polar surface area (TPSA) is 47.7 Å². The van der Waals surface area contributed by atoms with Gasteiger partial charge in [-0.05, 0) is 20.8 Å². The fourth-order valence-corrected chi connectivity index (χ4v) is 1.53. The van der Waals surface area contributed by atoms with Crippen LogP contribution in [0.1, 0.15) is 20.8 Å². The third kappa shape index (κ3) is 3.53. The van der Waals surface area contributed by atoms with Crippen LogP contribution in [0.5, 0.6) is 0 Å². The fraction of sp³-hybridized carbons (Fsp3) is 1.00. The molecule has 0 aromatic rings. The van der Waals surface area contributed by atoms with Crippen LogP contribution < -0.4 is 5.73 Å². The van der Waals surface area contributed by atoms with Crippen molar-refractivity contribution in [2.75, 3.05) is 32.8 Å². The van der Waals surface area contributed by atoms with Gasteiger partial charge in [-0.1, -0.05) is 0 Å². The highest BCUT2D eigenvalue weighted by molar-refractivity contribution is 4.72. The molecule has 1 aliphatic rings. The summed E-state index contributed by atoms with van der Waals surface area (Å²) >= 11 is 0. The van der Waals surface area contributed by atoms with E-state index in [0.29, 0.717) is 6.54 Å². The molecule has 0 aromatic heterocycles. The lowest BCUT2D eigenvalue weighted by molar-refractivity contribution is -0.145. The molecule has 4 nitrogen and oxygen atoms in total. The van der Waals surface area contributed by atoms with Crippen molar-refractivity contribution < 1.29 is 9.47 Å². The zero-order valence-electron chi connectivity index (χ0n) is 9.45. The lowest BCUT2D eigenvalue weighted by Gasteiger charge is -2.36. The van der Waals surface area contributed by atoms with Crippen LogP contribution in [0.2, 0.25) is 0 Å². The minimum atomic E-state index is -0.238. The first-order valence-corrected chi connectivity index (χ1v) is 5.25. The van der Waals surface area contributed by atoms with Crippen LogP contribution in [0, 0.1) is 0 Å². The van der Waals surface area contributed by atoms with E-state index in [1.807, 2.05) is 13.8 Å². The molecule has 0 bridgehead atoms. The standard InChI is InChI=1S/C10H22N2O2/c1-9(14-10(2,3)8-11)12-4-6-13-7-5-12/h9H,4-8,11H2,1-3H3. The molecule has 84 valence electrons. The third-order valence-electron chi connectivity index (χ3n) is 2.54. The number of rotatable bonds is 4. The van der Waals surface area contributed by atoms with E-state index in [4.69, 9.17) is 15.2 Å². The van der Waals surface area contributed by atoms with Gasteiger partial charge in [-0.25, -0.2) is 0 Å². The number of morpholine rings is 1. The first-order chi connectivity index (χ1) is 6.55. The van der Waals surface area contributed by atoms with Crippen LogP contribution in [-0.4, -0.2) is 49.6 Å². The summed E-state index contributed by atoms with van der Waals surface area (Å²) in [6.45, 7) is 10.1. The van der Waals surface area contributed by atoms with Crippen LogP contribution in [0.3, 0.4) is 0 Å². The van der Waals surface area contributed by atoms with E-state index in [-0.39, 0.29) is 11.8 Å². The van der Waals surface area contributed by atoms with Crippen LogP contribution in [0.15, 0.2) is 0 Å². The Labute approximate surface area is 86.3 Å². The Kier molecular flexibility index (Phi) is 4.31.